The summed E-state index contributed by atoms with van der Waals surface area (Å²) in [6.07, 6.45) is 12.6. The molecule has 2 aromatic heterocycles. The van der Waals surface area contributed by atoms with Gasteiger partial charge >= 0.3 is 0 Å². The minimum atomic E-state index is 0. The highest BCUT2D eigenvalue weighted by Crippen LogP contribution is 2.11. The van der Waals surface area contributed by atoms with Crippen molar-refractivity contribution in [1.82, 2.24) is 0 Å². The Morgan fingerprint density at radius 2 is 0.889 bits per heavy atom. The number of unbranched alkanes of at least 4 members (excludes halogenated alkanes) is 2. The van der Waals surface area contributed by atoms with Gasteiger partial charge in [-0.05, 0) is 29.3 Å². The lowest BCUT2D eigenvalue weighted by Crippen LogP contribution is -3.00. The fourth-order valence-corrected chi connectivity index (χ4v) is 3.40. The topological polar surface area (TPSA) is 7.76 Å². The first-order valence-corrected chi connectivity index (χ1v) is 9.14. The molecular weight excluding hydrogens is 558 g/mol. The van der Waals surface area contributed by atoms with E-state index in [1.165, 1.54) is 40.8 Å². The summed E-state index contributed by atoms with van der Waals surface area (Å²) in [5.41, 5.74) is 0. The molecule has 2 heterocycles. The zero-order valence-electron chi connectivity index (χ0n) is 15.3. The SMILES string of the molecule is [I-].[I-].c1ccc2c[n+](CCCCC[n+]3ccc4ccccc4c3)ccc2c1. The molecule has 0 saturated heterocycles. The van der Waals surface area contributed by atoms with Gasteiger partial charge in [0.25, 0.3) is 0 Å². The van der Waals surface area contributed by atoms with Gasteiger partial charge in [0.2, 0.25) is 0 Å². The fourth-order valence-electron chi connectivity index (χ4n) is 3.40. The molecule has 0 bridgehead atoms. The van der Waals surface area contributed by atoms with E-state index < -0.39 is 0 Å². The fraction of sp³-hybridized carbons (Fsp3) is 0.217. The summed E-state index contributed by atoms with van der Waals surface area (Å²) in [5, 5.41) is 5.26. The highest BCUT2D eigenvalue weighted by Gasteiger charge is 2.05. The number of fused-ring (bicyclic) bond motifs is 2. The summed E-state index contributed by atoms with van der Waals surface area (Å²) in [6.45, 7) is 2.18. The molecule has 2 nitrogen and oxygen atoms in total. The average Bonchev–Trinajstić information content (AvgIpc) is 2.67. The predicted octanol–water partition coefficient (Wildman–Crippen LogP) is -1.55. The Kier molecular flexibility index (Phi) is 8.89. The number of aryl methyl sites for hydroxylation is 2. The van der Waals surface area contributed by atoms with E-state index in [9.17, 15) is 0 Å². The van der Waals surface area contributed by atoms with Crippen LogP contribution in [0.3, 0.4) is 0 Å². The normalized spacial score (nSPS) is 10.4. The molecule has 2 aromatic carbocycles. The Balaban J connectivity index is 0.00000131. The van der Waals surface area contributed by atoms with Crippen molar-refractivity contribution in [3.63, 3.8) is 0 Å². The van der Waals surface area contributed by atoms with Gasteiger partial charge in [-0.25, -0.2) is 9.13 Å². The summed E-state index contributed by atoms with van der Waals surface area (Å²) in [5.74, 6) is 0. The lowest BCUT2D eigenvalue weighted by atomic mass is 10.1. The second-order valence-corrected chi connectivity index (χ2v) is 6.68. The number of hydrogen-bond donors (Lipinski definition) is 0. The molecule has 4 heteroatoms. The van der Waals surface area contributed by atoms with Gasteiger partial charge in [-0.2, -0.15) is 0 Å². The maximum Gasteiger partial charge on any atom is 0.176 e. The highest BCUT2D eigenvalue weighted by molar-refractivity contribution is 5.80. The van der Waals surface area contributed by atoms with Crippen molar-refractivity contribution in [3.05, 3.63) is 85.5 Å². The van der Waals surface area contributed by atoms with Crippen molar-refractivity contribution in [1.29, 1.82) is 0 Å². The van der Waals surface area contributed by atoms with Crippen LogP contribution >= 0.6 is 0 Å². The zero-order chi connectivity index (χ0) is 16.9. The van der Waals surface area contributed by atoms with Gasteiger partial charge in [-0.3, -0.25) is 0 Å². The summed E-state index contributed by atoms with van der Waals surface area (Å²) in [7, 11) is 0. The third kappa shape index (κ3) is 5.85. The van der Waals surface area contributed by atoms with E-state index in [4.69, 9.17) is 0 Å². The summed E-state index contributed by atoms with van der Waals surface area (Å²) in [6, 6.07) is 21.5. The first-order valence-electron chi connectivity index (χ1n) is 9.14. The molecule has 0 spiro atoms. The highest BCUT2D eigenvalue weighted by atomic mass is 127. The van der Waals surface area contributed by atoms with E-state index in [0.29, 0.717) is 0 Å². The molecule has 0 saturated carbocycles. The van der Waals surface area contributed by atoms with Crippen molar-refractivity contribution < 1.29 is 57.1 Å². The number of hydrogen-bond acceptors (Lipinski definition) is 0. The van der Waals surface area contributed by atoms with Gasteiger partial charge in [0.05, 0.1) is 0 Å². The first-order chi connectivity index (χ1) is 12.4. The number of benzene rings is 2. The Hall–Kier alpha value is -1.28. The number of nitrogens with zero attached hydrogens (tertiary/aromatic N) is 2. The van der Waals surface area contributed by atoms with Crippen molar-refractivity contribution in [3.8, 4) is 0 Å². The largest absolute Gasteiger partial charge is 1.00 e. The Morgan fingerprint density at radius 3 is 1.33 bits per heavy atom. The minimum absolute atomic E-state index is 0. The van der Waals surface area contributed by atoms with Crippen LogP contribution < -0.4 is 57.1 Å². The van der Waals surface area contributed by atoms with Crippen LogP contribution in [0.1, 0.15) is 19.3 Å². The molecule has 0 atom stereocenters. The van der Waals surface area contributed by atoms with E-state index in [1.807, 2.05) is 0 Å². The standard InChI is InChI=1S/C23H24N2.2HI/c1(6-14-24-16-12-20-8-2-4-10-22(20)18-24)7-15-25-17-13-21-9-3-5-11-23(21)19-25;;/h2-5,8-13,16-19H,1,6-7,14-15H2;2*1H/q+2;;/p-2. The maximum atomic E-state index is 2.31. The molecule has 0 aliphatic heterocycles. The minimum Gasteiger partial charge on any atom is -1.00 e. The number of rotatable bonds is 6. The predicted molar refractivity (Wildman–Crippen MR) is 102 cm³/mol. The lowest BCUT2D eigenvalue weighted by Gasteiger charge is -2.01. The maximum absolute atomic E-state index is 2.31. The van der Waals surface area contributed by atoms with Crippen LogP contribution in [-0.4, -0.2) is 0 Å². The van der Waals surface area contributed by atoms with Gasteiger partial charge in [-0.15, -0.1) is 0 Å². The van der Waals surface area contributed by atoms with Crippen molar-refractivity contribution >= 4 is 21.5 Å². The summed E-state index contributed by atoms with van der Waals surface area (Å²) >= 11 is 0. The third-order valence-electron chi connectivity index (χ3n) is 4.83. The summed E-state index contributed by atoms with van der Waals surface area (Å²) < 4.78 is 4.62. The van der Waals surface area contributed by atoms with Gasteiger partial charge in [0.1, 0.15) is 13.1 Å². The Labute approximate surface area is 195 Å². The van der Waals surface area contributed by atoms with E-state index in [1.54, 1.807) is 0 Å². The van der Waals surface area contributed by atoms with Crippen LogP contribution in [0.5, 0.6) is 0 Å². The van der Waals surface area contributed by atoms with Gasteiger partial charge < -0.3 is 48.0 Å². The average molecular weight is 582 g/mol. The third-order valence-corrected chi connectivity index (χ3v) is 4.83. The van der Waals surface area contributed by atoms with E-state index in [0.717, 1.165) is 13.1 Å². The van der Waals surface area contributed by atoms with Gasteiger partial charge in [0.15, 0.2) is 24.8 Å². The monoisotopic (exact) mass is 582 g/mol. The number of halogens is 2. The number of pyridine rings is 2. The number of aromatic nitrogens is 2. The van der Waals surface area contributed by atoms with Crippen LogP contribution in [0, 0.1) is 0 Å². The van der Waals surface area contributed by atoms with Crippen LogP contribution in [0.15, 0.2) is 85.5 Å². The summed E-state index contributed by atoms with van der Waals surface area (Å²) in [4.78, 5) is 0. The molecule has 140 valence electrons. The van der Waals surface area contributed by atoms with Crippen molar-refractivity contribution in [2.24, 2.45) is 0 Å². The molecular formula is C23H24I2N2. The molecule has 0 radical (unpaired) electrons. The van der Waals surface area contributed by atoms with E-state index >= 15 is 0 Å². The molecule has 0 aliphatic carbocycles. The Morgan fingerprint density at radius 1 is 0.481 bits per heavy atom. The first kappa shape index (κ1) is 22.0. The van der Waals surface area contributed by atoms with Crippen LogP contribution in [-0.2, 0) is 13.1 Å². The molecule has 27 heavy (non-hydrogen) atoms. The molecule has 0 unspecified atom stereocenters. The lowest BCUT2D eigenvalue weighted by molar-refractivity contribution is -0.699. The van der Waals surface area contributed by atoms with Crippen LogP contribution in [0.2, 0.25) is 0 Å². The van der Waals surface area contributed by atoms with E-state index in [-0.39, 0.29) is 48.0 Å². The van der Waals surface area contributed by atoms with Crippen molar-refractivity contribution in [2.45, 2.75) is 32.4 Å². The second-order valence-electron chi connectivity index (χ2n) is 6.68. The quantitative estimate of drug-likeness (QED) is 0.148. The molecule has 0 N–H and O–H groups in total. The van der Waals surface area contributed by atoms with Gasteiger partial charge in [-0.1, -0.05) is 36.4 Å². The molecule has 0 aliphatic rings. The van der Waals surface area contributed by atoms with E-state index in [2.05, 4.69) is 94.6 Å². The Bertz CT molecular complexity index is 920. The van der Waals surface area contributed by atoms with Crippen molar-refractivity contribution in [2.75, 3.05) is 0 Å². The molecule has 4 rings (SSSR count). The smallest absolute Gasteiger partial charge is 0.176 e. The van der Waals surface area contributed by atoms with Crippen LogP contribution in [0.4, 0.5) is 0 Å². The molecule has 0 fully saturated rings. The second kappa shape index (κ2) is 10.9. The van der Waals surface area contributed by atoms with Gasteiger partial charge in [0, 0.05) is 35.7 Å². The van der Waals surface area contributed by atoms with Crippen LogP contribution in [0.25, 0.3) is 21.5 Å². The zero-order valence-corrected chi connectivity index (χ0v) is 19.6. The molecule has 0 amide bonds. The molecule has 4 aromatic rings.